The molecule has 3 N–H and O–H groups in total. The van der Waals surface area contributed by atoms with Crippen molar-refractivity contribution in [1.82, 2.24) is 0 Å². The summed E-state index contributed by atoms with van der Waals surface area (Å²) >= 11 is 6.29. The first-order chi connectivity index (χ1) is 18.1. The second-order valence-corrected chi connectivity index (χ2v) is 10.7. The van der Waals surface area contributed by atoms with E-state index in [1.54, 1.807) is 12.1 Å². The maximum absolute atomic E-state index is 12.2. The quantitative estimate of drug-likeness (QED) is 0.265. The van der Waals surface area contributed by atoms with Gasteiger partial charge in [-0.05, 0) is 73.6 Å². The molecule has 0 saturated carbocycles. The first-order valence-electron chi connectivity index (χ1n) is 12.9. The van der Waals surface area contributed by atoms with Crippen LogP contribution in [-0.2, 0) is 20.6 Å². The van der Waals surface area contributed by atoms with Crippen molar-refractivity contribution in [3.05, 3.63) is 76.8 Å². The lowest BCUT2D eigenvalue weighted by atomic mass is 9.72. The van der Waals surface area contributed by atoms with Crippen LogP contribution in [0.1, 0.15) is 55.7 Å². The van der Waals surface area contributed by atoms with Gasteiger partial charge >= 0.3 is 11.9 Å². The number of benzene rings is 2. The number of carboxylic acids is 2. The van der Waals surface area contributed by atoms with Gasteiger partial charge in [-0.1, -0.05) is 48.4 Å². The first-order valence-corrected chi connectivity index (χ1v) is 13.3. The largest absolute Gasteiger partial charge is 0.490 e. The lowest BCUT2D eigenvalue weighted by Crippen LogP contribution is -2.46. The monoisotopic (exact) mass is 539 g/mol. The molecule has 4 rings (SSSR count). The van der Waals surface area contributed by atoms with Gasteiger partial charge in [0.15, 0.2) is 5.60 Å². The van der Waals surface area contributed by atoms with Crippen LogP contribution in [0.25, 0.3) is 6.08 Å². The number of aliphatic carboxylic acids is 2. The van der Waals surface area contributed by atoms with Crippen LogP contribution in [0.5, 0.6) is 5.75 Å². The molecule has 3 atom stereocenters. The number of allylic oxidation sites excluding steroid dienone is 2. The van der Waals surface area contributed by atoms with Crippen LogP contribution in [0.3, 0.4) is 0 Å². The van der Waals surface area contributed by atoms with Gasteiger partial charge in [0.1, 0.15) is 5.75 Å². The molecule has 202 valence electrons. The summed E-state index contributed by atoms with van der Waals surface area (Å²) in [6, 6.07) is 10.5. The van der Waals surface area contributed by atoms with E-state index in [9.17, 15) is 24.9 Å². The van der Waals surface area contributed by atoms with Gasteiger partial charge in [-0.15, -0.1) is 6.58 Å². The molecular weight excluding hydrogens is 506 g/mol. The molecule has 0 fully saturated rings. The van der Waals surface area contributed by atoms with E-state index >= 15 is 0 Å². The standard InChI is InChI=1S/C30H34ClNO6/c1-3-4-5-6-7-15-32-18-29(14-8-9-21-16-23(31)11-12-24(21)29)19-38-26-13-10-22(17-25(26)32)30(37,28(35)36)20(2)27(33)34/h3,8-13,16-17,20,37H,1,4-7,14-15,18-19H2,2H3,(H,33,34)(H,35,36)/t20?,29-,30?/m0/s1. The Labute approximate surface area is 228 Å². The van der Waals surface area contributed by atoms with Crippen molar-refractivity contribution in [2.75, 3.05) is 24.6 Å². The van der Waals surface area contributed by atoms with E-state index < -0.39 is 23.5 Å². The molecule has 2 aliphatic rings. The predicted octanol–water partition coefficient (Wildman–Crippen LogP) is 5.63. The van der Waals surface area contributed by atoms with Crippen LogP contribution < -0.4 is 9.64 Å². The number of halogens is 1. The minimum Gasteiger partial charge on any atom is -0.490 e. The van der Waals surface area contributed by atoms with Crippen molar-refractivity contribution in [2.24, 2.45) is 5.92 Å². The second kappa shape index (κ2) is 11.2. The molecule has 0 amide bonds. The van der Waals surface area contributed by atoms with Crippen molar-refractivity contribution < 1.29 is 29.6 Å². The van der Waals surface area contributed by atoms with Gasteiger partial charge in [0.25, 0.3) is 0 Å². The van der Waals surface area contributed by atoms with Gasteiger partial charge in [-0.3, -0.25) is 4.79 Å². The number of unbranched alkanes of at least 4 members (excludes halogenated alkanes) is 3. The molecule has 7 nitrogen and oxygen atoms in total. The van der Waals surface area contributed by atoms with E-state index in [4.69, 9.17) is 16.3 Å². The lowest BCUT2D eigenvalue weighted by molar-refractivity contribution is -0.174. The maximum atomic E-state index is 12.2. The van der Waals surface area contributed by atoms with Crippen LogP contribution in [0.4, 0.5) is 5.69 Å². The van der Waals surface area contributed by atoms with E-state index in [0.29, 0.717) is 36.2 Å². The summed E-state index contributed by atoms with van der Waals surface area (Å²) in [5.74, 6) is -4.01. The fraction of sp³-hybridized carbons (Fsp3) is 0.400. The molecule has 1 heterocycles. The van der Waals surface area contributed by atoms with E-state index in [1.165, 1.54) is 13.0 Å². The van der Waals surface area contributed by atoms with Gasteiger partial charge in [-0.25, -0.2) is 4.79 Å². The number of aliphatic hydroxyl groups is 1. The average Bonchev–Trinajstić information content (AvgIpc) is 3.04. The number of carbonyl (C=O) groups is 2. The molecule has 1 spiro atoms. The molecule has 8 heteroatoms. The Morgan fingerprint density at radius 2 is 2.00 bits per heavy atom. The molecule has 1 aliphatic heterocycles. The summed E-state index contributed by atoms with van der Waals surface area (Å²) < 4.78 is 6.37. The highest BCUT2D eigenvalue weighted by atomic mass is 35.5. The van der Waals surface area contributed by atoms with Crippen LogP contribution in [0, 0.1) is 5.92 Å². The van der Waals surface area contributed by atoms with Crippen molar-refractivity contribution in [1.29, 1.82) is 0 Å². The van der Waals surface area contributed by atoms with Crippen molar-refractivity contribution in [2.45, 2.75) is 50.0 Å². The topological polar surface area (TPSA) is 107 Å². The smallest absolute Gasteiger partial charge is 0.341 e. The molecular formula is C30H34ClNO6. The summed E-state index contributed by atoms with van der Waals surface area (Å²) in [4.78, 5) is 26.1. The minimum absolute atomic E-state index is 0.00517. The van der Waals surface area contributed by atoms with Crippen LogP contribution >= 0.6 is 11.6 Å². The van der Waals surface area contributed by atoms with Crippen LogP contribution in [0.15, 0.2) is 55.1 Å². The third-order valence-corrected chi connectivity index (χ3v) is 8.02. The van der Waals surface area contributed by atoms with Crippen LogP contribution in [-0.4, -0.2) is 47.0 Å². The van der Waals surface area contributed by atoms with Crippen molar-refractivity contribution in [3.8, 4) is 5.75 Å². The number of carboxylic acid groups (broad SMARTS) is 2. The molecule has 38 heavy (non-hydrogen) atoms. The summed E-state index contributed by atoms with van der Waals surface area (Å²) in [7, 11) is 0. The number of hydrogen-bond acceptors (Lipinski definition) is 5. The number of ether oxygens (including phenoxy) is 1. The van der Waals surface area contributed by atoms with E-state index in [-0.39, 0.29) is 11.0 Å². The number of anilines is 1. The van der Waals surface area contributed by atoms with Crippen LogP contribution in [0.2, 0.25) is 5.02 Å². The summed E-state index contributed by atoms with van der Waals surface area (Å²) in [5.41, 5.74) is -0.142. The highest BCUT2D eigenvalue weighted by Gasteiger charge is 2.48. The van der Waals surface area contributed by atoms with Gasteiger partial charge in [-0.2, -0.15) is 0 Å². The van der Waals surface area contributed by atoms with Crippen molar-refractivity contribution in [3.63, 3.8) is 0 Å². The molecule has 2 unspecified atom stereocenters. The van der Waals surface area contributed by atoms with Crippen molar-refractivity contribution >= 4 is 35.3 Å². The minimum atomic E-state index is -2.60. The Kier molecular flexibility index (Phi) is 8.19. The Morgan fingerprint density at radius 3 is 2.71 bits per heavy atom. The highest BCUT2D eigenvalue weighted by Crippen LogP contribution is 2.45. The van der Waals surface area contributed by atoms with Gasteiger partial charge in [0.2, 0.25) is 0 Å². The Hall–Kier alpha value is -3.29. The highest BCUT2D eigenvalue weighted by molar-refractivity contribution is 6.30. The average molecular weight is 540 g/mol. The summed E-state index contributed by atoms with van der Waals surface area (Å²) in [6.45, 7) is 6.68. The van der Waals surface area contributed by atoms with Gasteiger partial charge in [0, 0.05) is 18.1 Å². The molecule has 1 aliphatic carbocycles. The third kappa shape index (κ3) is 5.18. The van der Waals surface area contributed by atoms with Gasteiger partial charge in [0.05, 0.1) is 23.6 Å². The zero-order chi connectivity index (χ0) is 27.5. The van der Waals surface area contributed by atoms with E-state index in [0.717, 1.165) is 43.2 Å². The molecule has 0 aromatic heterocycles. The zero-order valence-corrected chi connectivity index (χ0v) is 22.3. The number of rotatable bonds is 10. The second-order valence-electron chi connectivity index (χ2n) is 10.3. The summed E-state index contributed by atoms with van der Waals surface area (Å²) in [6.07, 6.45) is 10.7. The lowest BCUT2D eigenvalue weighted by Gasteiger charge is -2.39. The molecule has 2 aromatic carbocycles. The molecule has 0 radical (unpaired) electrons. The SMILES string of the molecule is C=CCCCCCN1C[C@@]2(CC=Cc3cc(Cl)ccc32)COc2ccc(C(O)(C(=O)O)C(C)C(=O)O)cc21. The first kappa shape index (κ1) is 27.7. The molecule has 0 bridgehead atoms. The Balaban J connectivity index is 1.77. The fourth-order valence-corrected chi connectivity index (χ4v) is 5.68. The zero-order valence-electron chi connectivity index (χ0n) is 21.5. The van der Waals surface area contributed by atoms with E-state index in [2.05, 4.69) is 23.6 Å². The number of hydrogen-bond donors (Lipinski definition) is 3. The maximum Gasteiger partial charge on any atom is 0.341 e. The fourth-order valence-electron chi connectivity index (χ4n) is 5.50. The normalized spacial score (nSPS) is 20.4. The summed E-state index contributed by atoms with van der Waals surface area (Å²) in [5, 5.41) is 31.3. The number of fused-ring (bicyclic) bond motifs is 3. The van der Waals surface area contributed by atoms with E-state index in [1.807, 2.05) is 24.3 Å². The number of nitrogens with zero attached hydrogens (tertiary/aromatic N) is 1. The Morgan fingerprint density at radius 1 is 1.21 bits per heavy atom. The predicted molar refractivity (Wildman–Crippen MR) is 148 cm³/mol. The molecule has 2 aromatic rings. The van der Waals surface area contributed by atoms with Gasteiger partial charge < -0.3 is 25.0 Å². The third-order valence-electron chi connectivity index (χ3n) is 7.79. The Bertz CT molecular complexity index is 1260. The molecule has 0 saturated heterocycles.